The summed E-state index contributed by atoms with van der Waals surface area (Å²) >= 11 is 0. The van der Waals surface area contributed by atoms with Crippen LogP contribution in [0.2, 0.25) is 0 Å². The van der Waals surface area contributed by atoms with Gasteiger partial charge in [0.1, 0.15) is 6.04 Å². The van der Waals surface area contributed by atoms with E-state index in [4.69, 9.17) is 18.6 Å². The van der Waals surface area contributed by atoms with E-state index in [0.29, 0.717) is 28.3 Å². The predicted molar refractivity (Wildman–Crippen MR) is 103 cm³/mol. The van der Waals surface area contributed by atoms with E-state index in [1.807, 2.05) is 0 Å². The maximum absolute atomic E-state index is 12.6. The molecule has 3 rings (SSSR count). The number of benzene rings is 2. The highest BCUT2D eigenvalue weighted by Gasteiger charge is 2.21. The van der Waals surface area contributed by atoms with E-state index in [9.17, 15) is 9.59 Å². The lowest BCUT2D eigenvalue weighted by Gasteiger charge is -2.16. The number of aromatic nitrogens is 1. The molecule has 0 spiro atoms. The van der Waals surface area contributed by atoms with Crippen LogP contribution in [0.15, 0.2) is 45.6 Å². The van der Waals surface area contributed by atoms with Gasteiger partial charge in [0.15, 0.2) is 17.1 Å². The Morgan fingerprint density at radius 3 is 2.36 bits per heavy atom. The molecule has 148 valence electrons. The molecule has 1 aromatic heterocycles. The van der Waals surface area contributed by atoms with Crippen molar-refractivity contribution in [3.63, 3.8) is 0 Å². The molecule has 1 amide bonds. The summed E-state index contributed by atoms with van der Waals surface area (Å²) in [6.45, 7) is 1.87. The summed E-state index contributed by atoms with van der Waals surface area (Å²) in [7, 11) is 4.58. The smallest absolute Gasteiger partial charge is 0.420 e. The Labute approximate surface area is 161 Å². The van der Waals surface area contributed by atoms with Gasteiger partial charge in [-0.2, -0.15) is 0 Å². The molecule has 0 fully saturated rings. The molecule has 0 saturated heterocycles. The van der Waals surface area contributed by atoms with Crippen molar-refractivity contribution in [2.24, 2.45) is 0 Å². The van der Waals surface area contributed by atoms with Gasteiger partial charge in [0.05, 0.1) is 26.8 Å². The fourth-order valence-corrected chi connectivity index (χ4v) is 3.04. The van der Waals surface area contributed by atoms with E-state index >= 15 is 0 Å². The van der Waals surface area contributed by atoms with Crippen LogP contribution in [0.5, 0.6) is 17.2 Å². The number of nitrogens with zero attached hydrogens (tertiary/aromatic N) is 1. The van der Waals surface area contributed by atoms with Crippen LogP contribution in [0, 0.1) is 0 Å². The van der Waals surface area contributed by atoms with Crippen LogP contribution in [0.1, 0.15) is 18.5 Å². The summed E-state index contributed by atoms with van der Waals surface area (Å²) < 4.78 is 22.5. The molecule has 0 aliphatic carbocycles. The van der Waals surface area contributed by atoms with Crippen molar-refractivity contribution < 1.29 is 23.4 Å². The largest absolute Gasteiger partial charge is 0.493 e. The summed E-state index contributed by atoms with van der Waals surface area (Å²) in [4.78, 5) is 24.8. The van der Waals surface area contributed by atoms with E-state index < -0.39 is 11.8 Å². The lowest BCUT2D eigenvalue weighted by molar-refractivity contribution is -0.124. The van der Waals surface area contributed by atoms with Crippen molar-refractivity contribution in [3.8, 4) is 17.2 Å². The number of ether oxygens (including phenoxy) is 3. The first kappa shape index (κ1) is 19.3. The van der Waals surface area contributed by atoms with Crippen molar-refractivity contribution in [1.29, 1.82) is 0 Å². The SMILES string of the molecule is COc1cc(CNC(=O)C(C)n2c(=O)oc3ccccc32)cc(OC)c1OC. The minimum absolute atomic E-state index is 0.227. The van der Waals surface area contributed by atoms with Crippen LogP contribution in [-0.4, -0.2) is 31.8 Å². The number of rotatable bonds is 7. The number of oxazole rings is 1. The average Bonchev–Trinajstić information content (AvgIpc) is 3.05. The topological polar surface area (TPSA) is 91.9 Å². The number of carbonyl (C=O) groups excluding carboxylic acids is 1. The summed E-state index contributed by atoms with van der Waals surface area (Å²) in [5.74, 6) is 0.580. The fourth-order valence-electron chi connectivity index (χ4n) is 3.04. The molecule has 1 atom stereocenters. The zero-order valence-electron chi connectivity index (χ0n) is 16.1. The van der Waals surface area contributed by atoms with Crippen LogP contribution in [-0.2, 0) is 11.3 Å². The first-order chi connectivity index (χ1) is 13.5. The number of para-hydroxylation sites is 2. The fraction of sp³-hybridized carbons (Fsp3) is 0.300. The number of amides is 1. The second kappa shape index (κ2) is 8.08. The van der Waals surface area contributed by atoms with Gasteiger partial charge >= 0.3 is 5.76 Å². The molecule has 0 aliphatic heterocycles. The summed E-state index contributed by atoms with van der Waals surface area (Å²) in [5.41, 5.74) is 1.78. The lowest BCUT2D eigenvalue weighted by Crippen LogP contribution is -2.34. The van der Waals surface area contributed by atoms with Gasteiger partial charge in [0.25, 0.3) is 0 Å². The van der Waals surface area contributed by atoms with Crippen LogP contribution >= 0.6 is 0 Å². The third kappa shape index (κ3) is 3.53. The molecule has 8 heteroatoms. The quantitative estimate of drug-likeness (QED) is 0.671. The highest BCUT2D eigenvalue weighted by atomic mass is 16.5. The molecular weight excluding hydrogens is 364 g/mol. The van der Waals surface area contributed by atoms with E-state index in [-0.39, 0.29) is 12.5 Å². The van der Waals surface area contributed by atoms with Gasteiger partial charge in [-0.3, -0.25) is 9.36 Å². The molecule has 3 aromatic rings. The standard InChI is InChI=1S/C20H22N2O6/c1-12(22-14-7-5-6-8-15(14)28-20(22)24)19(23)21-11-13-9-16(25-2)18(27-4)17(10-13)26-3/h5-10,12H,11H2,1-4H3,(H,21,23). The second-order valence-electron chi connectivity index (χ2n) is 6.13. The molecule has 0 bridgehead atoms. The Hall–Kier alpha value is -3.42. The van der Waals surface area contributed by atoms with Crippen LogP contribution in [0.3, 0.4) is 0 Å². The Morgan fingerprint density at radius 1 is 1.11 bits per heavy atom. The van der Waals surface area contributed by atoms with Gasteiger partial charge in [0.2, 0.25) is 11.7 Å². The van der Waals surface area contributed by atoms with Gasteiger partial charge in [-0.25, -0.2) is 4.79 Å². The van der Waals surface area contributed by atoms with Gasteiger partial charge in [-0.1, -0.05) is 12.1 Å². The number of nitrogens with one attached hydrogen (secondary N) is 1. The summed E-state index contributed by atoms with van der Waals surface area (Å²) in [6.07, 6.45) is 0. The molecule has 0 aliphatic rings. The minimum Gasteiger partial charge on any atom is -0.493 e. The molecule has 1 N–H and O–H groups in total. The first-order valence-electron chi connectivity index (χ1n) is 8.66. The summed E-state index contributed by atoms with van der Waals surface area (Å²) in [5, 5.41) is 2.83. The number of hydrogen-bond donors (Lipinski definition) is 1. The Morgan fingerprint density at radius 2 is 1.75 bits per heavy atom. The molecule has 2 aromatic carbocycles. The lowest BCUT2D eigenvalue weighted by atomic mass is 10.1. The Bertz CT molecular complexity index is 1030. The van der Waals surface area contributed by atoms with E-state index in [1.54, 1.807) is 43.3 Å². The highest BCUT2D eigenvalue weighted by Crippen LogP contribution is 2.38. The normalized spacial score (nSPS) is 11.9. The molecule has 0 saturated carbocycles. The number of fused-ring (bicyclic) bond motifs is 1. The third-order valence-electron chi connectivity index (χ3n) is 4.48. The van der Waals surface area contributed by atoms with Crippen molar-refractivity contribution in [3.05, 3.63) is 52.5 Å². The Kier molecular flexibility index (Phi) is 5.58. The predicted octanol–water partition coefficient (Wildman–Crippen LogP) is 2.50. The van der Waals surface area contributed by atoms with Gasteiger partial charge in [-0.05, 0) is 36.8 Å². The third-order valence-corrected chi connectivity index (χ3v) is 4.48. The van der Waals surface area contributed by atoms with Crippen LogP contribution < -0.4 is 25.3 Å². The van der Waals surface area contributed by atoms with Crippen LogP contribution in [0.4, 0.5) is 0 Å². The van der Waals surface area contributed by atoms with Gasteiger partial charge < -0.3 is 23.9 Å². The zero-order valence-corrected chi connectivity index (χ0v) is 16.1. The molecule has 28 heavy (non-hydrogen) atoms. The van der Waals surface area contributed by atoms with Gasteiger partial charge in [0, 0.05) is 6.54 Å². The molecule has 1 heterocycles. The van der Waals surface area contributed by atoms with Crippen molar-refractivity contribution in [2.45, 2.75) is 19.5 Å². The van der Waals surface area contributed by atoms with Gasteiger partial charge in [-0.15, -0.1) is 0 Å². The molecular formula is C20H22N2O6. The van der Waals surface area contributed by atoms with Crippen LogP contribution in [0.25, 0.3) is 11.1 Å². The first-order valence-corrected chi connectivity index (χ1v) is 8.66. The number of hydrogen-bond acceptors (Lipinski definition) is 6. The number of methoxy groups -OCH3 is 3. The van der Waals surface area contributed by atoms with Crippen molar-refractivity contribution in [1.82, 2.24) is 9.88 Å². The number of carbonyl (C=O) groups is 1. The van der Waals surface area contributed by atoms with E-state index in [0.717, 1.165) is 5.56 Å². The van der Waals surface area contributed by atoms with E-state index in [2.05, 4.69) is 5.32 Å². The average molecular weight is 386 g/mol. The zero-order chi connectivity index (χ0) is 20.3. The highest BCUT2D eigenvalue weighted by molar-refractivity contribution is 5.82. The maximum atomic E-state index is 12.6. The van der Waals surface area contributed by atoms with Crippen molar-refractivity contribution >= 4 is 17.0 Å². The monoisotopic (exact) mass is 386 g/mol. The molecule has 0 radical (unpaired) electrons. The molecule has 8 nitrogen and oxygen atoms in total. The van der Waals surface area contributed by atoms with E-state index in [1.165, 1.54) is 25.9 Å². The maximum Gasteiger partial charge on any atom is 0.420 e. The second-order valence-corrected chi connectivity index (χ2v) is 6.13. The van der Waals surface area contributed by atoms with Crippen molar-refractivity contribution in [2.75, 3.05) is 21.3 Å². The minimum atomic E-state index is -0.738. The molecule has 1 unspecified atom stereocenters. The Balaban J connectivity index is 1.80. The summed E-state index contributed by atoms with van der Waals surface area (Å²) in [6, 6.07) is 9.76.